The van der Waals surface area contributed by atoms with E-state index in [2.05, 4.69) is 9.97 Å². The number of rotatable bonds is 0. The van der Waals surface area contributed by atoms with Gasteiger partial charge in [-0.2, -0.15) is 0 Å². The number of nitrogens with one attached hydrogen (secondary N) is 1. The van der Waals surface area contributed by atoms with Crippen LogP contribution in [0.25, 0.3) is 0 Å². The van der Waals surface area contributed by atoms with Crippen LogP contribution in [-0.2, 0) is 17.1 Å². The van der Waals surface area contributed by atoms with Crippen molar-refractivity contribution in [2.45, 2.75) is 6.92 Å². The van der Waals surface area contributed by atoms with Gasteiger partial charge in [0, 0.05) is 29.0 Å². The molecule has 0 fully saturated rings. The van der Waals surface area contributed by atoms with Crippen LogP contribution >= 0.6 is 0 Å². The van der Waals surface area contributed by atoms with Crippen molar-refractivity contribution in [3.63, 3.8) is 0 Å². The summed E-state index contributed by atoms with van der Waals surface area (Å²) < 4.78 is 0. The predicted molar refractivity (Wildman–Crippen MR) is 23.3 cm³/mol. The van der Waals surface area contributed by atoms with E-state index in [9.17, 15) is 0 Å². The molecule has 1 N–H and O–H groups in total. The summed E-state index contributed by atoms with van der Waals surface area (Å²) in [6, 6.07) is 0. The Morgan fingerprint density at radius 2 is 2.43 bits per heavy atom. The Labute approximate surface area is 52.8 Å². The molecule has 0 aliphatic heterocycles. The second kappa shape index (κ2) is 2.83. The number of nitrogens with zero attached hydrogens (tertiary/aromatic N) is 1. The minimum atomic E-state index is 0. The maximum Gasteiger partial charge on any atom is 0.0921 e. The maximum atomic E-state index is 3.77. The van der Waals surface area contributed by atoms with Crippen molar-refractivity contribution in [1.29, 1.82) is 0 Å². The van der Waals surface area contributed by atoms with Gasteiger partial charge in [-0.05, 0) is 6.92 Å². The van der Waals surface area contributed by atoms with E-state index in [4.69, 9.17) is 0 Å². The zero-order chi connectivity index (χ0) is 4.41. The van der Waals surface area contributed by atoms with Gasteiger partial charge in [-0.1, -0.05) is 0 Å². The normalized spacial score (nSPS) is 7.57. The predicted octanol–water partition coefficient (Wildman–Crippen LogP) is 0.716. The Kier molecular flexibility index (Phi) is 2.72. The summed E-state index contributed by atoms with van der Waals surface area (Å²) >= 11 is 0. The first kappa shape index (κ1) is 6.73. The van der Waals surface area contributed by atoms with Crippen molar-refractivity contribution < 1.29 is 17.1 Å². The molecule has 1 aromatic rings. The summed E-state index contributed by atoms with van der Waals surface area (Å²) in [5, 5.41) is 0. The Bertz CT molecular complexity index is 113. The molecule has 1 radical (unpaired) electrons. The van der Waals surface area contributed by atoms with Crippen LogP contribution in [0.3, 0.4) is 0 Å². The average Bonchev–Trinajstić information content (AvgIpc) is 1.86. The molecule has 1 heterocycles. The van der Waals surface area contributed by atoms with Gasteiger partial charge in [0.2, 0.25) is 0 Å². The SMILES string of the molecule is Cc1cnc[nH]1.[Cu]. The van der Waals surface area contributed by atoms with E-state index in [1.54, 1.807) is 12.5 Å². The summed E-state index contributed by atoms with van der Waals surface area (Å²) in [6.07, 6.45) is 3.44. The van der Waals surface area contributed by atoms with Gasteiger partial charge in [0.05, 0.1) is 6.33 Å². The molecule has 0 aromatic carbocycles. The zero-order valence-corrected chi connectivity index (χ0v) is 4.85. The Hall–Kier alpha value is -0.271. The number of aromatic nitrogens is 2. The molecule has 0 aliphatic carbocycles. The Morgan fingerprint density at radius 1 is 1.71 bits per heavy atom. The summed E-state index contributed by atoms with van der Waals surface area (Å²) in [5.41, 5.74) is 1.11. The number of H-pyrrole nitrogens is 1. The fraction of sp³-hybridized carbons (Fsp3) is 0.250. The average molecular weight is 146 g/mol. The zero-order valence-electron chi connectivity index (χ0n) is 3.90. The molecule has 0 amide bonds. The third-order valence-corrected chi connectivity index (χ3v) is 0.635. The van der Waals surface area contributed by atoms with Gasteiger partial charge in [-0.3, -0.25) is 0 Å². The van der Waals surface area contributed by atoms with E-state index >= 15 is 0 Å². The molecule has 0 atom stereocenters. The molecular weight excluding hydrogens is 140 g/mol. The van der Waals surface area contributed by atoms with Crippen LogP contribution in [0, 0.1) is 6.92 Å². The van der Waals surface area contributed by atoms with Gasteiger partial charge >= 0.3 is 0 Å². The third kappa shape index (κ3) is 1.76. The van der Waals surface area contributed by atoms with Gasteiger partial charge in [0.1, 0.15) is 0 Å². The van der Waals surface area contributed by atoms with Crippen LogP contribution in [0.1, 0.15) is 5.69 Å². The van der Waals surface area contributed by atoms with E-state index in [0.29, 0.717) is 0 Å². The molecule has 0 saturated heterocycles. The van der Waals surface area contributed by atoms with Crippen molar-refractivity contribution in [2.75, 3.05) is 0 Å². The second-order valence-electron chi connectivity index (χ2n) is 1.23. The van der Waals surface area contributed by atoms with Gasteiger partial charge < -0.3 is 4.98 Å². The number of aryl methyl sites for hydroxylation is 1. The molecule has 0 bridgehead atoms. The van der Waals surface area contributed by atoms with Crippen molar-refractivity contribution in [2.24, 2.45) is 0 Å². The van der Waals surface area contributed by atoms with E-state index < -0.39 is 0 Å². The number of hydrogen-bond acceptors (Lipinski definition) is 1. The molecule has 0 saturated carbocycles. The molecular formula is C4H6CuN2. The number of hydrogen-bond donors (Lipinski definition) is 1. The third-order valence-electron chi connectivity index (χ3n) is 0.635. The van der Waals surface area contributed by atoms with E-state index in [1.807, 2.05) is 6.92 Å². The van der Waals surface area contributed by atoms with Crippen LogP contribution in [-0.4, -0.2) is 9.97 Å². The van der Waals surface area contributed by atoms with Gasteiger partial charge in [0.25, 0.3) is 0 Å². The topological polar surface area (TPSA) is 28.7 Å². The first-order valence-electron chi connectivity index (χ1n) is 1.84. The van der Waals surface area contributed by atoms with Crippen molar-refractivity contribution in [3.05, 3.63) is 18.2 Å². The molecule has 1 aromatic heterocycles. The van der Waals surface area contributed by atoms with Crippen molar-refractivity contribution in [3.8, 4) is 0 Å². The largest absolute Gasteiger partial charge is 0.349 e. The van der Waals surface area contributed by atoms with Crippen LogP contribution in [0.15, 0.2) is 12.5 Å². The van der Waals surface area contributed by atoms with Gasteiger partial charge in [0.15, 0.2) is 0 Å². The summed E-state index contributed by atoms with van der Waals surface area (Å²) in [4.78, 5) is 6.66. The minimum absolute atomic E-state index is 0. The molecule has 1 rings (SSSR count). The van der Waals surface area contributed by atoms with E-state index in [0.717, 1.165) is 5.69 Å². The molecule has 0 spiro atoms. The minimum Gasteiger partial charge on any atom is -0.349 e. The Morgan fingerprint density at radius 3 is 2.57 bits per heavy atom. The fourth-order valence-corrected chi connectivity index (χ4v) is 0.325. The van der Waals surface area contributed by atoms with Crippen LogP contribution in [0.4, 0.5) is 0 Å². The molecule has 2 nitrogen and oxygen atoms in total. The van der Waals surface area contributed by atoms with Gasteiger partial charge in [-0.25, -0.2) is 4.98 Å². The van der Waals surface area contributed by atoms with E-state index in [-0.39, 0.29) is 17.1 Å². The molecule has 0 aliphatic rings. The second-order valence-corrected chi connectivity index (χ2v) is 1.23. The molecule has 7 heavy (non-hydrogen) atoms. The maximum absolute atomic E-state index is 3.77. The van der Waals surface area contributed by atoms with Crippen LogP contribution < -0.4 is 0 Å². The Balaban J connectivity index is 0.000000360. The van der Waals surface area contributed by atoms with Crippen LogP contribution in [0.2, 0.25) is 0 Å². The smallest absolute Gasteiger partial charge is 0.0921 e. The number of aromatic amines is 1. The van der Waals surface area contributed by atoms with Gasteiger partial charge in [-0.15, -0.1) is 0 Å². The number of imidazole rings is 1. The van der Waals surface area contributed by atoms with Crippen molar-refractivity contribution in [1.82, 2.24) is 9.97 Å². The van der Waals surface area contributed by atoms with Crippen LogP contribution in [0.5, 0.6) is 0 Å². The monoisotopic (exact) mass is 145 g/mol. The molecule has 0 unspecified atom stereocenters. The first-order chi connectivity index (χ1) is 2.89. The summed E-state index contributed by atoms with van der Waals surface area (Å²) in [7, 11) is 0. The molecule has 3 heteroatoms. The summed E-state index contributed by atoms with van der Waals surface area (Å²) in [5.74, 6) is 0. The standard InChI is InChI=1S/C4H6N2.Cu/c1-4-2-5-3-6-4;/h2-3H,1H3,(H,5,6);. The quantitative estimate of drug-likeness (QED) is 0.536. The first-order valence-corrected chi connectivity index (χ1v) is 1.84. The summed E-state index contributed by atoms with van der Waals surface area (Å²) in [6.45, 7) is 1.97. The molecule has 43 valence electrons. The van der Waals surface area contributed by atoms with E-state index in [1.165, 1.54) is 0 Å². The fourth-order valence-electron chi connectivity index (χ4n) is 0.325. The van der Waals surface area contributed by atoms with Crippen molar-refractivity contribution >= 4 is 0 Å².